The average molecular weight is 417 g/mol. The van der Waals surface area contributed by atoms with Gasteiger partial charge in [-0.3, -0.25) is 4.79 Å². The molecule has 1 aromatic rings. The Balaban J connectivity index is 1.49. The summed E-state index contributed by atoms with van der Waals surface area (Å²) in [5, 5.41) is 23.0. The van der Waals surface area contributed by atoms with Crippen molar-refractivity contribution < 1.29 is 19.8 Å². The number of aliphatic hydroxyl groups is 1. The fraction of sp³-hybridized carbons (Fsp3) is 0.545. The molecule has 4 rings (SSSR count). The molecule has 0 radical (unpaired) electrons. The number of carboxylic acids is 1. The summed E-state index contributed by atoms with van der Waals surface area (Å²) in [5.74, 6) is -1.24. The second-order valence-corrected chi connectivity index (χ2v) is 10.2. The maximum absolute atomic E-state index is 12.8. The molecule has 2 unspecified atom stereocenters. The lowest BCUT2D eigenvalue weighted by molar-refractivity contribution is -0.133. The molecule has 29 heavy (non-hydrogen) atoms. The normalized spacial score (nSPS) is 26.5. The Morgan fingerprint density at radius 1 is 1.14 bits per heavy atom. The van der Waals surface area contributed by atoms with Crippen LogP contribution in [0.4, 0.5) is 5.69 Å². The van der Waals surface area contributed by atoms with E-state index in [0.29, 0.717) is 16.2 Å². The molecule has 6 nitrogen and oxygen atoms in total. The zero-order valence-electron chi connectivity index (χ0n) is 16.9. The molecular weight excluding hydrogens is 388 g/mol. The summed E-state index contributed by atoms with van der Waals surface area (Å²) in [6.45, 7) is 5.84. The first-order valence-corrected chi connectivity index (χ1v) is 11.1. The van der Waals surface area contributed by atoms with Crippen molar-refractivity contribution in [1.82, 2.24) is 5.32 Å². The maximum atomic E-state index is 12.8. The van der Waals surface area contributed by atoms with Crippen LogP contribution in [-0.2, 0) is 4.79 Å². The second kappa shape index (κ2) is 7.69. The summed E-state index contributed by atoms with van der Waals surface area (Å²) < 4.78 is 0. The number of carbonyl (C=O) groups excluding carboxylic acids is 1. The molecule has 2 aliphatic heterocycles. The monoisotopic (exact) mass is 416 g/mol. The third-order valence-corrected chi connectivity index (χ3v) is 7.90. The van der Waals surface area contributed by atoms with Gasteiger partial charge in [-0.05, 0) is 55.4 Å². The van der Waals surface area contributed by atoms with Gasteiger partial charge in [-0.2, -0.15) is 0 Å². The Bertz CT molecular complexity index is 841. The Labute approximate surface area is 175 Å². The second-order valence-electron chi connectivity index (χ2n) is 8.93. The number of anilines is 1. The number of rotatable bonds is 4. The Morgan fingerprint density at radius 2 is 1.79 bits per heavy atom. The molecule has 0 bridgehead atoms. The number of aliphatic carboxylic acids is 1. The molecule has 2 atom stereocenters. The number of nitrogens with zero attached hydrogens (tertiary/aromatic N) is 1. The zero-order chi connectivity index (χ0) is 20.8. The van der Waals surface area contributed by atoms with Gasteiger partial charge >= 0.3 is 5.97 Å². The molecular formula is C22H28N2O4S. The predicted molar refractivity (Wildman–Crippen MR) is 114 cm³/mol. The van der Waals surface area contributed by atoms with Crippen LogP contribution in [0.25, 0.3) is 0 Å². The molecule has 0 spiro atoms. The number of nitrogens with one attached hydrogen (secondary N) is 1. The number of carbonyl (C=O) groups is 2. The summed E-state index contributed by atoms with van der Waals surface area (Å²) in [4.78, 5) is 26.9. The van der Waals surface area contributed by atoms with Crippen LogP contribution < -0.4 is 10.2 Å². The van der Waals surface area contributed by atoms with Crippen molar-refractivity contribution in [2.75, 3.05) is 18.0 Å². The SMILES string of the molecule is CC1(C)CCC2SC(NC(=O)c3ccc(N4CCC(O)CC4)cc3)=C(C(=O)O)C21. The summed E-state index contributed by atoms with van der Waals surface area (Å²) in [7, 11) is 0. The van der Waals surface area contributed by atoms with Gasteiger partial charge < -0.3 is 20.4 Å². The molecule has 7 heteroatoms. The van der Waals surface area contributed by atoms with E-state index in [4.69, 9.17) is 0 Å². The third-order valence-electron chi connectivity index (χ3n) is 6.53. The van der Waals surface area contributed by atoms with Crippen molar-refractivity contribution >= 4 is 29.3 Å². The van der Waals surface area contributed by atoms with E-state index in [9.17, 15) is 19.8 Å². The number of carboxylic acid groups (broad SMARTS) is 1. The van der Waals surface area contributed by atoms with Crippen LogP contribution in [0.2, 0.25) is 0 Å². The van der Waals surface area contributed by atoms with E-state index in [0.717, 1.165) is 44.5 Å². The van der Waals surface area contributed by atoms with Gasteiger partial charge in [0.1, 0.15) is 0 Å². The van der Waals surface area contributed by atoms with Crippen LogP contribution in [-0.4, -0.2) is 46.5 Å². The summed E-state index contributed by atoms with van der Waals surface area (Å²) in [5.41, 5.74) is 1.84. The maximum Gasteiger partial charge on any atom is 0.334 e. The number of piperidine rings is 1. The van der Waals surface area contributed by atoms with E-state index < -0.39 is 5.97 Å². The van der Waals surface area contributed by atoms with Gasteiger partial charge in [0.2, 0.25) is 0 Å². The summed E-state index contributed by atoms with van der Waals surface area (Å²) >= 11 is 1.50. The predicted octanol–water partition coefficient (Wildman–Crippen LogP) is 3.23. The standard InChI is InChI=1S/C22H28N2O4S/c1-22(2)10-7-16-18(22)17(21(27)28)20(29-16)23-19(26)13-3-5-14(6-4-13)24-11-8-15(25)9-12-24/h3-6,15-16,18,25H,7-12H2,1-2H3,(H,23,26)(H,27,28). The number of thioether (sulfide) groups is 1. The van der Waals surface area contributed by atoms with Gasteiger partial charge in [0, 0.05) is 35.5 Å². The van der Waals surface area contributed by atoms with Crippen molar-refractivity contribution in [2.45, 2.75) is 50.9 Å². The molecule has 1 aliphatic carbocycles. The topological polar surface area (TPSA) is 89.9 Å². The molecule has 3 N–H and O–H groups in total. The number of fused-ring (bicyclic) bond motifs is 1. The quantitative estimate of drug-likeness (QED) is 0.698. The third kappa shape index (κ3) is 3.90. The first kappa shape index (κ1) is 20.3. The summed E-state index contributed by atoms with van der Waals surface area (Å²) in [6, 6.07) is 7.39. The number of hydrogen-bond donors (Lipinski definition) is 3. The Hall–Kier alpha value is -1.99. The molecule has 1 saturated carbocycles. The highest BCUT2D eigenvalue weighted by molar-refractivity contribution is 8.04. The lowest BCUT2D eigenvalue weighted by Crippen LogP contribution is -2.35. The van der Waals surface area contributed by atoms with Crippen molar-refractivity contribution in [2.24, 2.45) is 11.3 Å². The van der Waals surface area contributed by atoms with Crippen LogP contribution >= 0.6 is 11.8 Å². The first-order valence-electron chi connectivity index (χ1n) is 10.2. The minimum Gasteiger partial charge on any atom is -0.478 e. The minimum absolute atomic E-state index is 0.0304. The largest absolute Gasteiger partial charge is 0.478 e. The highest BCUT2D eigenvalue weighted by Gasteiger charge is 2.51. The fourth-order valence-electron chi connectivity index (χ4n) is 4.85. The van der Waals surface area contributed by atoms with Crippen molar-refractivity contribution in [3.8, 4) is 0 Å². The van der Waals surface area contributed by atoms with E-state index in [1.807, 2.05) is 12.1 Å². The number of aliphatic hydroxyl groups excluding tert-OH is 1. The fourth-order valence-corrected chi connectivity index (χ4v) is 6.52. The van der Waals surface area contributed by atoms with Crippen molar-refractivity contribution in [3.05, 3.63) is 40.4 Å². The van der Waals surface area contributed by atoms with Gasteiger partial charge in [0.05, 0.1) is 16.7 Å². The van der Waals surface area contributed by atoms with E-state index in [1.54, 1.807) is 12.1 Å². The van der Waals surface area contributed by atoms with Crippen LogP contribution in [0.5, 0.6) is 0 Å². The first-order chi connectivity index (χ1) is 13.8. The molecule has 3 aliphatic rings. The highest BCUT2D eigenvalue weighted by Crippen LogP contribution is 2.57. The molecule has 156 valence electrons. The van der Waals surface area contributed by atoms with Gasteiger partial charge in [0.25, 0.3) is 5.91 Å². The van der Waals surface area contributed by atoms with E-state index in [1.165, 1.54) is 11.8 Å². The van der Waals surface area contributed by atoms with Crippen LogP contribution in [0.1, 0.15) is 49.9 Å². The Morgan fingerprint density at radius 3 is 2.41 bits per heavy atom. The Kier molecular flexibility index (Phi) is 5.38. The lowest BCUT2D eigenvalue weighted by Gasteiger charge is -2.31. The molecule has 2 fully saturated rings. The molecule has 0 aromatic heterocycles. The lowest BCUT2D eigenvalue weighted by atomic mass is 9.77. The number of amides is 1. The van der Waals surface area contributed by atoms with Gasteiger partial charge in [-0.15, -0.1) is 11.8 Å². The summed E-state index contributed by atoms with van der Waals surface area (Å²) in [6.07, 6.45) is 3.26. The van der Waals surface area contributed by atoms with E-state index in [2.05, 4.69) is 24.1 Å². The van der Waals surface area contributed by atoms with Crippen LogP contribution in [0.3, 0.4) is 0 Å². The average Bonchev–Trinajstić information content (AvgIpc) is 3.19. The molecule has 1 aromatic carbocycles. The van der Waals surface area contributed by atoms with Gasteiger partial charge in [0.15, 0.2) is 0 Å². The smallest absolute Gasteiger partial charge is 0.334 e. The van der Waals surface area contributed by atoms with Crippen LogP contribution in [0.15, 0.2) is 34.9 Å². The van der Waals surface area contributed by atoms with Crippen LogP contribution in [0, 0.1) is 11.3 Å². The highest BCUT2D eigenvalue weighted by atomic mass is 32.2. The van der Waals surface area contributed by atoms with Gasteiger partial charge in [-0.25, -0.2) is 4.79 Å². The van der Waals surface area contributed by atoms with Gasteiger partial charge in [-0.1, -0.05) is 13.8 Å². The number of hydrogen-bond acceptors (Lipinski definition) is 5. The molecule has 1 saturated heterocycles. The van der Waals surface area contributed by atoms with E-state index in [-0.39, 0.29) is 28.6 Å². The minimum atomic E-state index is -0.932. The van der Waals surface area contributed by atoms with Crippen molar-refractivity contribution in [3.63, 3.8) is 0 Å². The number of benzene rings is 1. The zero-order valence-corrected chi connectivity index (χ0v) is 17.7. The van der Waals surface area contributed by atoms with Crippen molar-refractivity contribution in [1.29, 1.82) is 0 Å². The van der Waals surface area contributed by atoms with E-state index >= 15 is 0 Å². The molecule has 1 amide bonds. The molecule has 2 heterocycles.